The number of anilines is 1. The van der Waals surface area contributed by atoms with Gasteiger partial charge in [0.05, 0.1) is 23.8 Å². The molecule has 1 fully saturated rings. The molecule has 0 radical (unpaired) electrons. The third-order valence-corrected chi connectivity index (χ3v) is 6.16. The predicted molar refractivity (Wildman–Crippen MR) is 132 cm³/mol. The van der Waals surface area contributed by atoms with Gasteiger partial charge in [0.1, 0.15) is 0 Å². The SMILES string of the molecule is CC(C)NC(=O)N(C)c1cnc2ccc(-c3ccc(OCCC4CCCCC4)nc3)cc2n1. The summed E-state index contributed by atoms with van der Waals surface area (Å²) in [5, 5.41) is 2.86. The molecule has 174 valence electrons. The van der Waals surface area contributed by atoms with E-state index in [1.165, 1.54) is 37.0 Å². The van der Waals surface area contributed by atoms with Crippen LogP contribution in [0.25, 0.3) is 22.2 Å². The molecule has 1 aliphatic carbocycles. The monoisotopic (exact) mass is 447 g/mol. The smallest absolute Gasteiger partial charge is 0.323 e. The fraction of sp³-hybridized carbons (Fsp3) is 0.462. The Morgan fingerprint density at radius 3 is 2.58 bits per heavy atom. The Labute approximate surface area is 195 Å². The van der Waals surface area contributed by atoms with Crippen molar-refractivity contribution in [3.8, 4) is 17.0 Å². The van der Waals surface area contributed by atoms with Gasteiger partial charge >= 0.3 is 6.03 Å². The molecule has 2 aromatic heterocycles. The second kappa shape index (κ2) is 10.6. The van der Waals surface area contributed by atoms with Crippen molar-refractivity contribution in [1.29, 1.82) is 0 Å². The molecule has 0 atom stereocenters. The van der Waals surface area contributed by atoms with Crippen LogP contribution in [0.2, 0.25) is 0 Å². The minimum absolute atomic E-state index is 0.0479. The standard InChI is InChI=1S/C26H33N5O2/c1-18(2)29-26(32)31(3)24-17-27-22-11-9-20(15-23(22)30-24)21-10-12-25(28-16-21)33-14-13-19-7-5-4-6-8-19/h9-12,15-19H,4-8,13-14H2,1-3H3,(H,29,32). The molecule has 0 saturated heterocycles. The van der Waals surface area contributed by atoms with E-state index in [9.17, 15) is 4.79 Å². The van der Waals surface area contributed by atoms with Crippen molar-refractivity contribution in [3.05, 3.63) is 42.7 Å². The number of carbonyl (C=O) groups is 1. The van der Waals surface area contributed by atoms with Crippen molar-refractivity contribution in [2.75, 3.05) is 18.6 Å². The molecule has 0 aliphatic heterocycles. The summed E-state index contributed by atoms with van der Waals surface area (Å²) in [5.74, 6) is 1.96. The fourth-order valence-electron chi connectivity index (χ4n) is 4.23. The van der Waals surface area contributed by atoms with Crippen LogP contribution < -0.4 is 15.0 Å². The van der Waals surface area contributed by atoms with E-state index in [1.807, 2.05) is 50.4 Å². The average molecular weight is 448 g/mol. The Kier molecular flexibility index (Phi) is 7.37. The number of hydrogen-bond donors (Lipinski definition) is 1. The molecule has 1 aliphatic rings. The van der Waals surface area contributed by atoms with Crippen LogP contribution in [0.1, 0.15) is 52.4 Å². The van der Waals surface area contributed by atoms with Gasteiger partial charge in [0.2, 0.25) is 5.88 Å². The normalized spacial score (nSPS) is 14.4. The number of aromatic nitrogens is 3. The summed E-state index contributed by atoms with van der Waals surface area (Å²) in [6, 6.07) is 9.69. The molecule has 1 N–H and O–H groups in total. The van der Waals surface area contributed by atoms with Crippen molar-refractivity contribution in [2.45, 2.75) is 58.4 Å². The first-order valence-corrected chi connectivity index (χ1v) is 11.9. The second-order valence-corrected chi connectivity index (χ2v) is 9.12. The molecule has 4 rings (SSSR count). The molecule has 7 heteroatoms. The van der Waals surface area contributed by atoms with Gasteiger partial charge in [-0.25, -0.2) is 14.8 Å². The van der Waals surface area contributed by atoms with Gasteiger partial charge in [-0.15, -0.1) is 0 Å². The number of pyridine rings is 1. The Hall–Kier alpha value is -3.22. The molecule has 0 unspecified atom stereocenters. The maximum absolute atomic E-state index is 12.3. The number of urea groups is 1. The van der Waals surface area contributed by atoms with Gasteiger partial charge in [-0.1, -0.05) is 38.2 Å². The van der Waals surface area contributed by atoms with Gasteiger partial charge in [-0.3, -0.25) is 9.88 Å². The van der Waals surface area contributed by atoms with Crippen LogP contribution in [0.15, 0.2) is 42.7 Å². The number of nitrogens with zero attached hydrogens (tertiary/aromatic N) is 4. The zero-order valence-electron chi connectivity index (χ0n) is 19.8. The number of fused-ring (bicyclic) bond motifs is 1. The molecule has 33 heavy (non-hydrogen) atoms. The first kappa shape index (κ1) is 23.0. The molecular weight excluding hydrogens is 414 g/mol. The highest BCUT2D eigenvalue weighted by Crippen LogP contribution is 2.27. The quantitative estimate of drug-likeness (QED) is 0.510. The van der Waals surface area contributed by atoms with Crippen molar-refractivity contribution in [3.63, 3.8) is 0 Å². The zero-order chi connectivity index (χ0) is 23.2. The van der Waals surface area contributed by atoms with Gasteiger partial charge in [0, 0.05) is 30.9 Å². The number of rotatable bonds is 7. The van der Waals surface area contributed by atoms with Crippen LogP contribution >= 0.6 is 0 Å². The van der Waals surface area contributed by atoms with E-state index in [0.717, 1.165) is 41.1 Å². The fourth-order valence-corrected chi connectivity index (χ4v) is 4.23. The number of hydrogen-bond acceptors (Lipinski definition) is 5. The van der Waals surface area contributed by atoms with Crippen LogP contribution in [0, 0.1) is 5.92 Å². The van der Waals surface area contributed by atoms with Crippen LogP contribution in [-0.2, 0) is 0 Å². The number of benzene rings is 1. The van der Waals surface area contributed by atoms with Crippen LogP contribution in [0.5, 0.6) is 5.88 Å². The Balaban J connectivity index is 1.43. The number of ether oxygens (including phenoxy) is 1. The lowest BCUT2D eigenvalue weighted by molar-refractivity contribution is 0.240. The van der Waals surface area contributed by atoms with E-state index in [-0.39, 0.29) is 12.1 Å². The summed E-state index contributed by atoms with van der Waals surface area (Å²) >= 11 is 0. The minimum atomic E-state index is -0.210. The third kappa shape index (κ3) is 5.97. The molecule has 2 heterocycles. The Morgan fingerprint density at radius 2 is 1.85 bits per heavy atom. The first-order valence-electron chi connectivity index (χ1n) is 11.9. The summed E-state index contributed by atoms with van der Waals surface area (Å²) in [5.41, 5.74) is 3.47. The van der Waals surface area contributed by atoms with E-state index in [4.69, 9.17) is 4.74 Å². The highest BCUT2D eigenvalue weighted by molar-refractivity contribution is 5.91. The van der Waals surface area contributed by atoms with Gasteiger partial charge in [0.25, 0.3) is 0 Å². The molecule has 3 aromatic rings. The summed E-state index contributed by atoms with van der Waals surface area (Å²) in [4.78, 5) is 27.4. The molecule has 1 saturated carbocycles. The highest BCUT2D eigenvalue weighted by atomic mass is 16.5. The van der Waals surface area contributed by atoms with E-state index < -0.39 is 0 Å². The topological polar surface area (TPSA) is 80.2 Å². The van der Waals surface area contributed by atoms with Crippen molar-refractivity contribution in [2.24, 2.45) is 5.92 Å². The zero-order valence-corrected chi connectivity index (χ0v) is 19.8. The molecule has 0 spiro atoms. The summed E-state index contributed by atoms with van der Waals surface area (Å²) < 4.78 is 5.88. The van der Waals surface area contributed by atoms with Gasteiger partial charge in [-0.2, -0.15) is 0 Å². The van der Waals surface area contributed by atoms with E-state index >= 15 is 0 Å². The summed E-state index contributed by atoms with van der Waals surface area (Å²) in [6.45, 7) is 4.57. The van der Waals surface area contributed by atoms with Crippen LogP contribution in [0.3, 0.4) is 0 Å². The maximum atomic E-state index is 12.3. The lowest BCUT2D eigenvalue weighted by Crippen LogP contribution is -2.41. The predicted octanol–water partition coefficient (Wildman–Crippen LogP) is 5.60. The first-order chi connectivity index (χ1) is 16.0. The van der Waals surface area contributed by atoms with Gasteiger partial charge in [0.15, 0.2) is 5.82 Å². The van der Waals surface area contributed by atoms with Crippen molar-refractivity contribution in [1.82, 2.24) is 20.3 Å². The van der Waals surface area contributed by atoms with Crippen molar-refractivity contribution >= 4 is 22.9 Å². The van der Waals surface area contributed by atoms with E-state index in [2.05, 4.69) is 20.3 Å². The third-order valence-electron chi connectivity index (χ3n) is 6.16. The van der Waals surface area contributed by atoms with Crippen LogP contribution in [0.4, 0.5) is 10.6 Å². The van der Waals surface area contributed by atoms with Crippen LogP contribution in [-0.4, -0.2) is 40.7 Å². The number of nitrogens with one attached hydrogen (secondary N) is 1. The van der Waals surface area contributed by atoms with Gasteiger partial charge in [-0.05, 0) is 49.9 Å². The van der Waals surface area contributed by atoms with E-state index in [1.54, 1.807) is 13.2 Å². The summed E-state index contributed by atoms with van der Waals surface area (Å²) in [7, 11) is 1.69. The van der Waals surface area contributed by atoms with E-state index in [0.29, 0.717) is 11.7 Å². The lowest BCUT2D eigenvalue weighted by Gasteiger charge is -2.21. The second-order valence-electron chi connectivity index (χ2n) is 9.12. The summed E-state index contributed by atoms with van der Waals surface area (Å²) in [6.07, 6.45) is 11.3. The number of carbonyl (C=O) groups excluding carboxylic acids is 1. The molecule has 1 aromatic carbocycles. The number of amides is 2. The van der Waals surface area contributed by atoms with Gasteiger partial charge < -0.3 is 10.1 Å². The average Bonchev–Trinajstić information content (AvgIpc) is 2.83. The molecular formula is C26H33N5O2. The molecule has 0 bridgehead atoms. The Bertz CT molecular complexity index is 1080. The maximum Gasteiger partial charge on any atom is 0.323 e. The molecule has 2 amide bonds. The lowest BCUT2D eigenvalue weighted by atomic mass is 9.87. The highest BCUT2D eigenvalue weighted by Gasteiger charge is 2.15. The molecule has 7 nitrogen and oxygen atoms in total. The largest absolute Gasteiger partial charge is 0.478 e. The minimum Gasteiger partial charge on any atom is -0.478 e. The van der Waals surface area contributed by atoms with Crippen molar-refractivity contribution < 1.29 is 9.53 Å². The Morgan fingerprint density at radius 1 is 1.06 bits per heavy atom.